The molecule has 1 aromatic heterocycles. The number of carbonyl (C=O) groups is 1. The number of aryl methyl sites for hydroxylation is 1. The first kappa shape index (κ1) is 19.7. The number of amides is 1. The Labute approximate surface area is 167 Å². The molecule has 0 spiro atoms. The molecule has 28 heavy (non-hydrogen) atoms. The minimum Gasteiger partial charge on any atom is -0.495 e. The van der Waals surface area contributed by atoms with Gasteiger partial charge >= 0.3 is 0 Å². The summed E-state index contributed by atoms with van der Waals surface area (Å²) in [5, 5.41) is 3.88. The largest absolute Gasteiger partial charge is 0.495 e. The van der Waals surface area contributed by atoms with Gasteiger partial charge in [-0.15, -0.1) is 6.58 Å². The maximum Gasteiger partial charge on any atom is 0.262 e. The van der Waals surface area contributed by atoms with E-state index in [4.69, 9.17) is 4.74 Å². The van der Waals surface area contributed by atoms with Gasteiger partial charge in [-0.2, -0.15) is 0 Å². The quantitative estimate of drug-likeness (QED) is 0.376. The third-order valence-corrected chi connectivity index (χ3v) is 5.08. The van der Waals surface area contributed by atoms with Crippen LogP contribution in [0.15, 0.2) is 65.1 Å². The number of hydrogen-bond acceptors (Lipinski definition) is 5. The van der Waals surface area contributed by atoms with Crippen LogP contribution in [0.25, 0.3) is 10.9 Å². The van der Waals surface area contributed by atoms with Crippen LogP contribution in [0.1, 0.15) is 5.56 Å². The molecule has 0 saturated carbocycles. The van der Waals surface area contributed by atoms with E-state index in [1.165, 1.54) is 16.3 Å². The molecule has 0 unspecified atom stereocenters. The van der Waals surface area contributed by atoms with Crippen molar-refractivity contribution in [2.75, 3.05) is 18.2 Å². The van der Waals surface area contributed by atoms with Gasteiger partial charge in [-0.1, -0.05) is 36.0 Å². The molecule has 6 nitrogen and oxygen atoms in total. The van der Waals surface area contributed by atoms with Crippen molar-refractivity contribution in [2.24, 2.45) is 0 Å². The molecule has 1 N–H and O–H groups in total. The summed E-state index contributed by atoms with van der Waals surface area (Å²) in [6, 6.07) is 12.7. The number of carbonyl (C=O) groups excluding carboxylic acids is 1. The molecule has 0 atom stereocenters. The molecule has 0 aliphatic carbocycles. The monoisotopic (exact) mass is 395 g/mol. The molecule has 0 fully saturated rings. The summed E-state index contributed by atoms with van der Waals surface area (Å²) in [7, 11) is 1.56. The summed E-state index contributed by atoms with van der Waals surface area (Å²) in [5.74, 6) is 0.497. The molecule has 0 aliphatic heterocycles. The van der Waals surface area contributed by atoms with Crippen LogP contribution in [0.2, 0.25) is 0 Å². The van der Waals surface area contributed by atoms with Gasteiger partial charge in [0.2, 0.25) is 5.91 Å². The number of hydrogen-bond donors (Lipinski definition) is 1. The molecule has 2 aromatic carbocycles. The van der Waals surface area contributed by atoms with E-state index in [1.54, 1.807) is 31.4 Å². The first-order valence-electron chi connectivity index (χ1n) is 8.71. The lowest BCUT2D eigenvalue weighted by molar-refractivity contribution is -0.113. The third-order valence-electron chi connectivity index (χ3n) is 4.10. The van der Waals surface area contributed by atoms with Crippen LogP contribution in [0.5, 0.6) is 5.75 Å². The van der Waals surface area contributed by atoms with Gasteiger partial charge < -0.3 is 10.1 Å². The topological polar surface area (TPSA) is 73.2 Å². The van der Waals surface area contributed by atoms with E-state index in [0.29, 0.717) is 34.0 Å². The van der Waals surface area contributed by atoms with E-state index in [1.807, 2.05) is 31.2 Å². The molecular weight excluding hydrogens is 374 g/mol. The number of para-hydroxylation sites is 1. The van der Waals surface area contributed by atoms with Crippen molar-refractivity contribution in [1.82, 2.24) is 9.55 Å². The molecule has 3 aromatic rings. The van der Waals surface area contributed by atoms with E-state index >= 15 is 0 Å². The summed E-state index contributed by atoms with van der Waals surface area (Å²) in [5.41, 5.74) is 2.09. The maximum atomic E-state index is 12.7. The zero-order chi connectivity index (χ0) is 20.1. The number of nitrogens with zero attached hydrogens (tertiary/aromatic N) is 2. The summed E-state index contributed by atoms with van der Waals surface area (Å²) in [6.45, 7) is 5.97. The van der Waals surface area contributed by atoms with E-state index in [0.717, 1.165) is 5.56 Å². The van der Waals surface area contributed by atoms with E-state index in [-0.39, 0.29) is 17.2 Å². The highest BCUT2D eigenvalue weighted by Crippen LogP contribution is 2.26. The van der Waals surface area contributed by atoms with Crippen LogP contribution in [-0.2, 0) is 11.3 Å². The van der Waals surface area contributed by atoms with Gasteiger partial charge in [-0.3, -0.25) is 14.2 Å². The maximum absolute atomic E-state index is 12.7. The van der Waals surface area contributed by atoms with Gasteiger partial charge in [-0.25, -0.2) is 4.98 Å². The van der Waals surface area contributed by atoms with E-state index in [9.17, 15) is 9.59 Å². The highest BCUT2D eigenvalue weighted by Gasteiger charge is 2.13. The number of thioether (sulfide) groups is 1. The summed E-state index contributed by atoms with van der Waals surface area (Å²) in [6.07, 6.45) is 1.64. The Kier molecular flexibility index (Phi) is 6.16. The molecule has 1 amide bonds. The highest BCUT2D eigenvalue weighted by atomic mass is 32.2. The SMILES string of the molecule is C=CCn1c(SCC(=O)Nc2cc(C)ccc2OC)nc2ccccc2c1=O. The van der Waals surface area contributed by atoms with Crippen molar-refractivity contribution < 1.29 is 9.53 Å². The average molecular weight is 395 g/mol. The first-order chi connectivity index (χ1) is 13.5. The molecule has 0 radical (unpaired) electrons. The Bertz CT molecular complexity index is 1090. The number of benzene rings is 2. The smallest absolute Gasteiger partial charge is 0.262 e. The van der Waals surface area contributed by atoms with Crippen molar-refractivity contribution >= 4 is 34.3 Å². The molecular formula is C21H21N3O3S. The van der Waals surface area contributed by atoms with Crippen LogP contribution in [0, 0.1) is 6.92 Å². The predicted octanol–water partition coefficient (Wildman–Crippen LogP) is 3.63. The minimum absolute atomic E-state index is 0.110. The van der Waals surface area contributed by atoms with Crippen LogP contribution in [0.3, 0.4) is 0 Å². The zero-order valence-corrected chi connectivity index (χ0v) is 16.6. The molecule has 0 saturated heterocycles. The van der Waals surface area contributed by atoms with Crippen molar-refractivity contribution in [3.63, 3.8) is 0 Å². The number of aromatic nitrogens is 2. The third kappa shape index (κ3) is 4.26. The first-order valence-corrected chi connectivity index (χ1v) is 9.70. The second kappa shape index (κ2) is 8.75. The van der Waals surface area contributed by atoms with Gasteiger partial charge in [0.15, 0.2) is 5.16 Å². The lowest BCUT2D eigenvalue weighted by Crippen LogP contribution is -2.23. The number of nitrogens with one attached hydrogen (secondary N) is 1. The fourth-order valence-electron chi connectivity index (χ4n) is 2.78. The van der Waals surface area contributed by atoms with Crippen molar-refractivity contribution in [1.29, 1.82) is 0 Å². The summed E-state index contributed by atoms with van der Waals surface area (Å²) < 4.78 is 6.82. The van der Waals surface area contributed by atoms with Crippen LogP contribution >= 0.6 is 11.8 Å². The Balaban J connectivity index is 1.82. The predicted molar refractivity (Wildman–Crippen MR) is 113 cm³/mol. The molecule has 1 heterocycles. The second-order valence-corrected chi connectivity index (χ2v) is 7.10. The number of rotatable bonds is 7. The van der Waals surface area contributed by atoms with E-state index < -0.39 is 0 Å². The summed E-state index contributed by atoms with van der Waals surface area (Å²) >= 11 is 1.21. The fraction of sp³-hybridized carbons (Fsp3) is 0.190. The minimum atomic E-state index is -0.207. The highest BCUT2D eigenvalue weighted by molar-refractivity contribution is 7.99. The van der Waals surface area contributed by atoms with Crippen LogP contribution in [-0.4, -0.2) is 28.3 Å². The van der Waals surface area contributed by atoms with Gasteiger partial charge in [0.05, 0.1) is 29.5 Å². The van der Waals surface area contributed by atoms with Gasteiger partial charge in [0, 0.05) is 6.54 Å². The summed E-state index contributed by atoms with van der Waals surface area (Å²) in [4.78, 5) is 29.8. The van der Waals surface area contributed by atoms with Crippen LogP contribution in [0.4, 0.5) is 5.69 Å². The Morgan fingerprint density at radius 1 is 1.32 bits per heavy atom. The lowest BCUT2D eigenvalue weighted by Gasteiger charge is -2.13. The Morgan fingerprint density at radius 2 is 2.11 bits per heavy atom. The average Bonchev–Trinajstić information content (AvgIpc) is 2.69. The van der Waals surface area contributed by atoms with Gasteiger partial charge in [-0.05, 0) is 36.8 Å². The number of ether oxygens (including phenoxy) is 1. The molecule has 3 rings (SSSR count). The molecule has 0 aliphatic rings. The van der Waals surface area contributed by atoms with Crippen molar-refractivity contribution in [3.8, 4) is 5.75 Å². The van der Waals surface area contributed by atoms with E-state index in [2.05, 4.69) is 16.9 Å². The number of methoxy groups -OCH3 is 1. The molecule has 0 bridgehead atoms. The lowest BCUT2D eigenvalue weighted by atomic mass is 10.2. The molecule has 7 heteroatoms. The van der Waals surface area contributed by atoms with Gasteiger partial charge in [0.25, 0.3) is 5.56 Å². The second-order valence-electron chi connectivity index (χ2n) is 6.16. The van der Waals surface area contributed by atoms with Crippen molar-refractivity contribution in [3.05, 3.63) is 71.0 Å². The molecule has 144 valence electrons. The Morgan fingerprint density at radius 3 is 2.86 bits per heavy atom. The number of fused-ring (bicyclic) bond motifs is 1. The normalized spacial score (nSPS) is 10.6. The zero-order valence-electron chi connectivity index (χ0n) is 15.8. The van der Waals surface area contributed by atoms with Crippen molar-refractivity contribution in [2.45, 2.75) is 18.6 Å². The Hall–Kier alpha value is -3.06. The number of allylic oxidation sites excluding steroid dienone is 1. The van der Waals surface area contributed by atoms with Gasteiger partial charge in [0.1, 0.15) is 5.75 Å². The fourth-order valence-corrected chi connectivity index (χ4v) is 3.59. The standard InChI is InChI=1S/C21H21N3O3S/c1-4-11-24-20(26)15-7-5-6-8-16(15)23-21(24)28-13-19(25)22-17-12-14(2)9-10-18(17)27-3/h4-10,12H,1,11,13H2,2-3H3,(H,22,25). The number of anilines is 1. The van der Waals surface area contributed by atoms with Crippen LogP contribution < -0.4 is 15.6 Å².